The summed E-state index contributed by atoms with van der Waals surface area (Å²) in [7, 11) is 2.95. The van der Waals surface area contributed by atoms with E-state index in [0.29, 0.717) is 21.4 Å². The summed E-state index contributed by atoms with van der Waals surface area (Å²) in [5.74, 6) is -3.12. The van der Waals surface area contributed by atoms with Gasteiger partial charge in [0.25, 0.3) is 5.56 Å². The first kappa shape index (κ1) is 22.4. The summed E-state index contributed by atoms with van der Waals surface area (Å²) in [5.41, 5.74) is -0.0762. The quantitative estimate of drug-likeness (QED) is 0.492. The molecule has 0 bridgehead atoms. The van der Waals surface area contributed by atoms with E-state index in [1.807, 2.05) is 0 Å². The van der Waals surface area contributed by atoms with E-state index in [1.54, 1.807) is 24.5 Å². The van der Waals surface area contributed by atoms with Crippen LogP contribution in [-0.4, -0.2) is 46.7 Å². The van der Waals surface area contributed by atoms with E-state index in [9.17, 15) is 13.6 Å². The summed E-state index contributed by atoms with van der Waals surface area (Å²) in [6, 6.07) is 4.93. The van der Waals surface area contributed by atoms with E-state index >= 15 is 0 Å². The molecule has 0 atom stereocenters. The smallest absolute Gasteiger partial charge is 0.305 e. The summed E-state index contributed by atoms with van der Waals surface area (Å²) < 4.78 is 42.0. The lowest BCUT2D eigenvalue weighted by atomic mass is 10.1. The molecule has 2 heterocycles. The summed E-state index contributed by atoms with van der Waals surface area (Å²) in [6.07, 6.45) is 1.04. The molecule has 11 heteroatoms. The molecular weight excluding hydrogens is 436 g/mol. The predicted molar refractivity (Wildman–Crippen MR) is 112 cm³/mol. The minimum Gasteiger partial charge on any atom is -0.497 e. The van der Waals surface area contributed by atoms with Crippen molar-refractivity contribution in [3.63, 3.8) is 0 Å². The van der Waals surface area contributed by atoms with Crippen LogP contribution in [0.5, 0.6) is 11.5 Å². The number of alkyl halides is 2. The molecule has 7 nitrogen and oxygen atoms in total. The van der Waals surface area contributed by atoms with Crippen LogP contribution in [-0.2, 0) is 12.5 Å². The van der Waals surface area contributed by atoms with E-state index < -0.39 is 23.7 Å². The van der Waals surface area contributed by atoms with Crippen LogP contribution in [0.1, 0.15) is 24.2 Å². The van der Waals surface area contributed by atoms with E-state index in [2.05, 4.69) is 9.97 Å². The van der Waals surface area contributed by atoms with E-state index in [-0.39, 0.29) is 29.9 Å². The fraction of sp³-hybridized carbons (Fsp3) is 0.421. The number of thiazole rings is 1. The van der Waals surface area contributed by atoms with Crippen molar-refractivity contribution in [2.45, 2.75) is 29.6 Å². The molecule has 0 fully saturated rings. The lowest BCUT2D eigenvalue weighted by molar-refractivity contribution is -0.0315. The number of methoxy groups -OCH3 is 2. The maximum Gasteiger partial charge on any atom is 0.305 e. The number of aliphatic hydroxyl groups excluding tert-OH is 1. The van der Waals surface area contributed by atoms with Crippen LogP contribution in [0, 0.1) is 0 Å². The Morgan fingerprint density at radius 3 is 2.67 bits per heavy atom. The van der Waals surface area contributed by atoms with Gasteiger partial charge in [0.1, 0.15) is 11.5 Å². The van der Waals surface area contributed by atoms with Gasteiger partial charge in [-0.05, 0) is 24.8 Å². The summed E-state index contributed by atoms with van der Waals surface area (Å²) in [4.78, 5) is 21.7. The SMILES string of the molecule is COc1ccc(Cn2c(C(F)(F)CCCO)nc3sc(SC)nc3c2=O)c(OC)c1. The lowest BCUT2D eigenvalue weighted by Crippen LogP contribution is -2.32. The highest BCUT2D eigenvalue weighted by atomic mass is 32.2. The molecule has 2 aromatic heterocycles. The van der Waals surface area contributed by atoms with Gasteiger partial charge in [0.2, 0.25) is 0 Å². The molecular formula is C19H21F2N3O4S2. The topological polar surface area (TPSA) is 86.5 Å². The van der Waals surface area contributed by atoms with Gasteiger partial charge in [0, 0.05) is 24.7 Å². The van der Waals surface area contributed by atoms with E-state index in [1.165, 1.54) is 26.0 Å². The molecule has 3 aromatic rings. The van der Waals surface area contributed by atoms with Gasteiger partial charge in [-0.25, -0.2) is 9.97 Å². The Kier molecular flexibility index (Phi) is 6.94. The zero-order valence-electron chi connectivity index (χ0n) is 16.6. The molecule has 1 aromatic carbocycles. The minimum atomic E-state index is -3.40. The Morgan fingerprint density at radius 1 is 1.27 bits per heavy atom. The standard InChI is InChI=1S/C19H21F2N3O4S2/c1-27-12-6-5-11(13(9-12)28-2)10-24-16(26)14-15(30-18(22-14)29-3)23-17(24)19(20,21)7-4-8-25/h5-6,9,25H,4,7-8,10H2,1-3H3. The van der Waals surface area contributed by atoms with Crippen molar-refractivity contribution in [3.05, 3.63) is 39.9 Å². The van der Waals surface area contributed by atoms with Crippen LogP contribution in [0.3, 0.4) is 0 Å². The number of hydrogen-bond donors (Lipinski definition) is 1. The normalized spacial score (nSPS) is 11.8. The molecule has 0 spiro atoms. The van der Waals surface area contributed by atoms with Gasteiger partial charge in [0.15, 0.2) is 20.5 Å². The number of thioether (sulfide) groups is 1. The second kappa shape index (κ2) is 9.27. The number of rotatable bonds is 9. The third kappa shape index (κ3) is 4.42. The first-order chi connectivity index (χ1) is 14.3. The predicted octanol–water partition coefficient (Wildman–Crippen LogP) is 3.50. The Morgan fingerprint density at radius 2 is 2.03 bits per heavy atom. The number of ether oxygens (including phenoxy) is 2. The van der Waals surface area contributed by atoms with Gasteiger partial charge in [-0.1, -0.05) is 23.1 Å². The van der Waals surface area contributed by atoms with Crippen LogP contribution >= 0.6 is 23.1 Å². The monoisotopic (exact) mass is 457 g/mol. The molecule has 162 valence electrons. The molecule has 0 saturated heterocycles. The second-order valence-corrected chi connectivity index (χ2v) is 8.40. The highest BCUT2D eigenvalue weighted by Crippen LogP contribution is 2.34. The molecule has 3 rings (SSSR count). The molecule has 30 heavy (non-hydrogen) atoms. The van der Waals surface area contributed by atoms with Crippen LogP contribution in [0.2, 0.25) is 0 Å². The molecule has 0 unspecified atom stereocenters. The zero-order chi connectivity index (χ0) is 21.9. The Labute approximate surface area is 179 Å². The van der Waals surface area contributed by atoms with E-state index in [4.69, 9.17) is 14.6 Å². The van der Waals surface area contributed by atoms with Gasteiger partial charge >= 0.3 is 5.92 Å². The fourth-order valence-corrected chi connectivity index (χ4v) is 4.38. The molecule has 0 aliphatic carbocycles. The van der Waals surface area contributed by atoms with Crippen molar-refractivity contribution in [1.82, 2.24) is 14.5 Å². The fourth-order valence-electron chi connectivity index (χ4n) is 2.97. The third-order valence-corrected chi connectivity index (χ3v) is 6.41. The van der Waals surface area contributed by atoms with Crippen LogP contribution in [0.25, 0.3) is 10.3 Å². The van der Waals surface area contributed by atoms with Gasteiger partial charge in [-0.3, -0.25) is 9.36 Å². The molecule has 0 amide bonds. The van der Waals surface area contributed by atoms with Gasteiger partial charge < -0.3 is 14.6 Å². The average Bonchev–Trinajstić information content (AvgIpc) is 3.18. The van der Waals surface area contributed by atoms with Crippen molar-refractivity contribution in [2.24, 2.45) is 0 Å². The largest absolute Gasteiger partial charge is 0.497 e. The molecule has 0 aliphatic heterocycles. The highest BCUT2D eigenvalue weighted by Gasteiger charge is 2.37. The minimum absolute atomic E-state index is 0.0542. The van der Waals surface area contributed by atoms with Gasteiger partial charge in [-0.2, -0.15) is 8.78 Å². The van der Waals surface area contributed by atoms with Crippen LogP contribution < -0.4 is 15.0 Å². The second-order valence-electron chi connectivity index (χ2n) is 6.37. The van der Waals surface area contributed by atoms with Gasteiger partial charge in [-0.15, -0.1) is 0 Å². The van der Waals surface area contributed by atoms with Crippen molar-refractivity contribution in [1.29, 1.82) is 0 Å². The summed E-state index contributed by atoms with van der Waals surface area (Å²) in [6.45, 7) is -0.559. The summed E-state index contributed by atoms with van der Waals surface area (Å²) in [5, 5.41) is 9.00. The number of benzene rings is 1. The lowest BCUT2D eigenvalue weighted by Gasteiger charge is -2.21. The highest BCUT2D eigenvalue weighted by molar-refractivity contribution is 8.00. The molecule has 0 aliphatic rings. The van der Waals surface area contributed by atoms with E-state index in [0.717, 1.165) is 15.9 Å². The molecule has 0 saturated carbocycles. The average molecular weight is 458 g/mol. The number of aromatic nitrogens is 3. The van der Waals surface area contributed by atoms with Crippen molar-refractivity contribution >= 4 is 33.4 Å². The zero-order valence-corrected chi connectivity index (χ0v) is 18.3. The molecule has 0 radical (unpaired) electrons. The van der Waals surface area contributed by atoms with Crippen LogP contribution in [0.15, 0.2) is 27.3 Å². The van der Waals surface area contributed by atoms with Crippen molar-refractivity contribution in [3.8, 4) is 11.5 Å². The Bertz CT molecular complexity index is 1100. The molecule has 1 N–H and O–H groups in total. The van der Waals surface area contributed by atoms with Crippen molar-refractivity contribution < 1.29 is 23.4 Å². The van der Waals surface area contributed by atoms with Gasteiger partial charge in [0.05, 0.1) is 20.8 Å². The maximum atomic E-state index is 15.0. The maximum absolute atomic E-state index is 15.0. The third-order valence-electron chi connectivity index (χ3n) is 4.47. The number of aliphatic hydroxyl groups is 1. The number of fused-ring (bicyclic) bond motifs is 1. The Hall–Kier alpha value is -2.24. The van der Waals surface area contributed by atoms with Crippen LogP contribution in [0.4, 0.5) is 8.78 Å². The number of nitrogens with zero attached hydrogens (tertiary/aromatic N) is 3. The number of halogens is 2. The first-order valence-corrected chi connectivity index (χ1v) is 11.0. The Balaban J connectivity index is 2.19. The number of hydrogen-bond acceptors (Lipinski definition) is 8. The first-order valence-electron chi connectivity index (χ1n) is 9.00. The summed E-state index contributed by atoms with van der Waals surface area (Å²) >= 11 is 2.41. The van der Waals surface area contributed by atoms with Crippen molar-refractivity contribution in [2.75, 3.05) is 27.1 Å².